The summed E-state index contributed by atoms with van der Waals surface area (Å²) in [6, 6.07) is 9.47. The molecule has 0 bridgehead atoms. The average Bonchev–Trinajstić information content (AvgIpc) is 2.39. The van der Waals surface area contributed by atoms with E-state index in [1.54, 1.807) is 6.20 Å². The number of nitrogens with zero attached hydrogens (tertiary/aromatic N) is 3. The summed E-state index contributed by atoms with van der Waals surface area (Å²) in [5, 5.41) is 0.697. The Morgan fingerprint density at radius 1 is 1.33 bits per heavy atom. The molecule has 2 rings (SSSR count). The lowest BCUT2D eigenvalue weighted by Crippen LogP contribution is -2.26. The summed E-state index contributed by atoms with van der Waals surface area (Å²) in [5.74, 6) is 0.665. The minimum Gasteiger partial charge on any atom is -0.343 e. The zero-order chi connectivity index (χ0) is 13.0. The summed E-state index contributed by atoms with van der Waals surface area (Å²) in [5.41, 5.74) is 7.35. The fourth-order valence-corrected chi connectivity index (χ4v) is 1.82. The van der Waals surface area contributed by atoms with Crippen LogP contribution in [-0.2, 0) is 0 Å². The van der Waals surface area contributed by atoms with Crippen molar-refractivity contribution >= 4 is 17.5 Å². The number of aromatic nitrogens is 2. The Labute approximate surface area is 111 Å². The Kier molecular flexibility index (Phi) is 4.12. The molecule has 0 spiro atoms. The number of likely N-dealkylation sites (N-methyl/N-ethyl adjacent to an activating group) is 1. The van der Waals surface area contributed by atoms with Gasteiger partial charge in [0.25, 0.3) is 0 Å². The molecule has 94 valence electrons. The highest BCUT2D eigenvalue weighted by Crippen LogP contribution is 2.21. The number of rotatable bonds is 4. The molecule has 0 aliphatic carbocycles. The van der Waals surface area contributed by atoms with Crippen molar-refractivity contribution in [3.63, 3.8) is 0 Å². The van der Waals surface area contributed by atoms with Gasteiger partial charge in [-0.3, -0.25) is 0 Å². The van der Waals surface area contributed by atoms with Gasteiger partial charge in [0.2, 0.25) is 5.95 Å². The van der Waals surface area contributed by atoms with Crippen LogP contribution >= 0.6 is 11.6 Å². The molecule has 0 fully saturated rings. The highest BCUT2D eigenvalue weighted by atomic mass is 35.5. The molecule has 0 saturated heterocycles. The smallest absolute Gasteiger partial charge is 0.225 e. The summed E-state index contributed by atoms with van der Waals surface area (Å²) in [6.07, 6.45) is 1.74. The molecule has 1 heterocycles. The first-order valence-electron chi connectivity index (χ1n) is 5.71. The van der Waals surface area contributed by atoms with E-state index in [9.17, 15) is 0 Å². The van der Waals surface area contributed by atoms with Gasteiger partial charge in [-0.2, -0.15) is 0 Å². The maximum absolute atomic E-state index is 5.98. The zero-order valence-electron chi connectivity index (χ0n) is 10.2. The lowest BCUT2D eigenvalue weighted by molar-refractivity contribution is 0.847. The van der Waals surface area contributed by atoms with Crippen LogP contribution in [0.15, 0.2) is 36.5 Å². The SMILES string of the molecule is CN(CCN)c1nccc(-c2cccc(Cl)c2)n1. The van der Waals surface area contributed by atoms with Crippen molar-refractivity contribution in [2.75, 3.05) is 25.0 Å². The van der Waals surface area contributed by atoms with Crippen LogP contribution in [0.2, 0.25) is 5.02 Å². The van der Waals surface area contributed by atoms with Crippen LogP contribution in [0.4, 0.5) is 5.95 Å². The highest BCUT2D eigenvalue weighted by molar-refractivity contribution is 6.30. The summed E-state index contributed by atoms with van der Waals surface area (Å²) >= 11 is 5.98. The minimum atomic E-state index is 0.571. The molecule has 5 heteroatoms. The molecule has 1 aromatic heterocycles. The van der Waals surface area contributed by atoms with Crippen LogP contribution in [0.25, 0.3) is 11.3 Å². The molecule has 0 unspecified atom stereocenters. The third-order valence-corrected chi connectivity index (χ3v) is 2.80. The predicted octanol–water partition coefficient (Wildman–Crippen LogP) is 2.19. The molecule has 1 aromatic carbocycles. The second-order valence-electron chi connectivity index (χ2n) is 3.96. The minimum absolute atomic E-state index is 0.571. The van der Waals surface area contributed by atoms with Gasteiger partial charge in [-0.05, 0) is 18.2 Å². The lowest BCUT2D eigenvalue weighted by Gasteiger charge is -2.16. The lowest BCUT2D eigenvalue weighted by atomic mass is 10.1. The third-order valence-electron chi connectivity index (χ3n) is 2.57. The van der Waals surface area contributed by atoms with E-state index in [1.165, 1.54) is 0 Å². The number of halogens is 1. The third kappa shape index (κ3) is 2.97. The Morgan fingerprint density at radius 2 is 2.17 bits per heavy atom. The molecule has 0 aliphatic rings. The van der Waals surface area contributed by atoms with Crippen LogP contribution in [0.1, 0.15) is 0 Å². The van der Waals surface area contributed by atoms with Gasteiger partial charge >= 0.3 is 0 Å². The van der Waals surface area contributed by atoms with Gasteiger partial charge in [0.15, 0.2) is 0 Å². The first-order chi connectivity index (χ1) is 8.70. The Morgan fingerprint density at radius 3 is 2.89 bits per heavy atom. The molecule has 0 aliphatic heterocycles. The average molecular weight is 263 g/mol. The van der Waals surface area contributed by atoms with Gasteiger partial charge in [-0.15, -0.1) is 0 Å². The zero-order valence-corrected chi connectivity index (χ0v) is 10.9. The van der Waals surface area contributed by atoms with Crippen molar-refractivity contribution in [2.45, 2.75) is 0 Å². The van der Waals surface area contributed by atoms with Crippen molar-refractivity contribution < 1.29 is 0 Å². The molecule has 0 saturated carbocycles. The monoisotopic (exact) mass is 262 g/mol. The van der Waals surface area contributed by atoms with E-state index in [1.807, 2.05) is 42.3 Å². The Balaban J connectivity index is 2.32. The first-order valence-corrected chi connectivity index (χ1v) is 6.08. The molecule has 2 aromatic rings. The van der Waals surface area contributed by atoms with Crippen molar-refractivity contribution in [1.29, 1.82) is 0 Å². The molecular weight excluding hydrogens is 248 g/mol. The van der Waals surface area contributed by atoms with Gasteiger partial charge in [-0.1, -0.05) is 23.7 Å². The van der Waals surface area contributed by atoms with Gasteiger partial charge < -0.3 is 10.6 Å². The van der Waals surface area contributed by atoms with Crippen LogP contribution in [0, 0.1) is 0 Å². The predicted molar refractivity (Wildman–Crippen MR) is 74.8 cm³/mol. The largest absolute Gasteiger partial charge is 0.343 e. The molecule has 0 amide bonds. The number of anilines is 1. The van der Waals surface area contributed by atoms with E-state index in [4.69, 9.17) is 17.3 Å². The fourth-order valence-electron chi connectivity index (χ4n) is 1.63. The van der Waals surface area contributed by atoms with E-state index >= 15 is 0 Å². The Bertz CT molecular complexity index is 530. The number of hydrogen-bond donors (Lipinski definition) is 1. The Hall–Kier alpha value is -1.65. The summed E-state index contributed by atoms with van der Waals surface area (Å²) in [7, 11) is 1.92. The van der Waals surface area contributed by atoms with Gasteiger partial charge in [0.1, 0.15) is 0 Å². The van der Waals surface area contributed by atoms with E-state index in [0.717, 1.165) is 17.8 Å². The summed E-state index contributed by atoms with van der Waals surface area (Å²) < 4.78 is 0. The van der Waals surface area contributed by atoms with Gasteiger partial charge in [0.05, 0.1) is 5.69 Å². The van der Waals surface area contributed by atoms with E-state index in [-0.39, 0.29) is 0 Å². The van der Waals surface area contributed by atoms with Crippen LogP contribution in [0.5, 0.6) is 0 Å². The van der Waals surface area contributed by atoms with Crippen LogP contribution < -0.4 is 10.6 Å². The van der Waals surface area contributed by atoms with Crippen LogP contribution in [-0.4, -0.2) is 30.1 Å². The van der Waals surface area contributed by atoms with Crippen molar-refractivity contribution in [1.82, 2.24) is 9.97 Å². The first kappa shape index (κ1) is 12.8. The molecule has 2 N–H and O–H groups in total. The second kappa shape index (κ2) is 5.80. The summed E-state index contributed by atoms with van der Waals surface area (Å²) in [6.45, 7) is 1.29. The quantitative estimate of drug-likeness (QED) is 0.918. The van der Waals surface area contributed by atoms with Crippen molar-refractivity contribution in [3.8, 4) is 11.3 Å². The maximum atomic E-state index is 5.98. The van der Waals surface area contributed by atoms with Crippen molar-refractivity contribution in [3.05, 3.63) is 41.6 Å². The van der Waals surface area contributed by atoms with E-state index < -0.39 is 0 Å². The number of nitrogens with two attached hydrogens (primary N) is 1. The molecular formula is C13H15ClN4. The van der Waals surface area contributed by atoms with Gasteiger partial charge in [0, 0.05) is 36.9 Å². The normalized spacial score (nSPS) is 10.4. The molecule has 0 atom stereocenters. The topological polar surface area (TPSA) is 55.0 Å². The van der Waals surface area contributed by atoms with Gasteiger partial charge in [-0.25, -0.2) is 9.97 Å². The number of hydrogen-bond acceptors (Lipinski definition) is 4. The molecule has 0 radical (unpaired) electrons. The maximum Gasteiger partial charge on any atom is 0.225 e. The summed E-state index contributed by atoms with van der Waals surface area (Å²) in [4.78, 5) is 10.7. The van der Waals surface area contributed by atoms with E-state index in [0.29, 0.717) is 17.5 Å². The van der Waals surface area contributed by atoms with E-state index in [2.05, 4.69) is 9.97 Å². The fraction of sp³-hybridized carbons (Fsp3) is 0.231. The molecule has 4 nitrogen and oxygen atoms in total. The highest BCUT2D eigenvalue weighted by Gasteiger charge is 2.06. The molecule has 18 heavy (non-hydrogen) atoms. The number of benzene rings is 1. The van der Waals surface area contributed by atoms with Crippen LogP contribution in [0.3, 0.4) is 0 Å². The van der Waals surface area contributed by atoms with Crippen molar-refractivity contribution in [2.24, 2.45) is 5.73 Å². The second-order valence-corrected chi connectivity index (χ2v) is 4.40. The standard InChI is InChI=1S/C13H15ClN4/c1-18(8-6-15)13-16-7-5-12(17-13)10-3-2-4-11(14)9-10/h2-5,7,9H,6,8,15H2,1H3.